The summed E-state index contributed by atoms with van der Waals surface area (Å²) in [6, 6.07) is 9.13. The number of halogens is 1. The Kier molecular flexibility index (Phi) is 6.19. The maximum absolute atomic E-state index is 6.36. The Bertz CT molecular complexity index is 373. The average Bonchev–Trinajstić information content (AvgIpc) is 3.23. The number of benzene rings is 1. The summed E-state index contributed by atoms with van der Waals surface area (Å²) in [5.41, 5.74) is 1.33. The van der Waals surface area contributed by atoms with Crippen LogP contribution in [-0.2, 0) is 0 Å². The second-order valence-electron chi connectivity index (χ2n) is 5.75. The fourth-order valence-electron chi connectivity index (χ4n) is 2.59. The molecule has 0 saturated heterocycles. The van der Waals surface area contributed by atoms with Gasteiger partial charge in [-0.15, -0.1) is 0 Å². The lowest BCUT2D eigenvalue weighted by molar-refractivity contribution is 0.512. The molecule has 1 N–H and O–H groups in total. The van der Waals surface area contributed by atoms with Crippen LogP contribution in [0.2, 0.25) is 5.02 Å². The number of nitrogens with one attached hydrogen (secondary N) is 1. The first-order valence-electron chi connectivity index (χ1n) is 7.79. The lowest BCUT2D eigenvalue weighted by Crippen LogP contribution is -2.23. The van der Waals surface area contributed by atoms with Gasteiger partial charge in [0.25, 0.3) is 0 Å². The minimum atomic E-state index is 0.575. The van der Waals surface area contributed by atoms with E-state index in [1.807, 2.05) is 12.1 Å². The highest BCUT2D eigenvalue weighted by atomic mass is 35.5. The van der Waals surface area contributed by atoms with Crippen LogP contribution >= 0.6 is 11.6 Å². The molecule has 0 amide bonds. The Hall–Kier alpha value is -0.530. The first-order valence-corrected chi connectivity index (χ1v) is 8.17. The molecular formula is C17H26ClN. The lowest BCUT2D eigenvalue weighted by atomic mass is 9.92. The zero-order valence-corrected chi connectivity index (χ0v) is 12.8. The molecule has 106 valence electrons. The Morgan fingerprint density at radius 3 is 2.68 bits per heavy atom. The number of unbranched alkanes of at least 4 members (excludes halogenated alkanes) is 3. The summed E-state index contributed by atoms with van der Waals surface area (Å²) < 4.78 is 0. The molecule has 0 aliphatic heterocycles. The Morgan fingerprint density at radius 1 is 1.21 bits per heavy atom. The van der Waals surface area contributed by atoms with E-state index in [1.54, 1.807) is 0 Å². The van der Waals surface area contributed by atoms with E-state index < -0.39 is 0 Å². The maximum atomic E-state index is 6.36. The standard InChI is InChI=1S/C17H26ClN/c1-2-3-4-5-8-14(13-19-15-11-12-15)16-9-6-7-10-17(16)18/h6-7,9-10,14-15,19H,2-5,8,11-13H2,1H3. The molecule has 1 unspecified atom stereocenters. The Labute approximate surface area is 122 Å². The van der Waals surface area contributed by atoms with E-state index in [4.69, 9.17) is 11.6 Å². The third-order valence-electron chi connectivity index (χ3n) is 3.98. The van der Waals surface area contributed by atoms with Crippen LogP contribution in [0.3, 0.4) is 0 Å². The van der Waals surface area contributed by atoms with Crippen molar-refractivity contribution in [1.82, 2.24) is 5.32 Å². The summed E-state index contributed by atoms with van der Waals surface area (Å²) in [5, 5.41) is 4.60. The number of hydrogen-bond donors (Lipinski definition) is 1. The summed E-state index contributed by atoms with van der Waals surface area (Å²) in [5.74, 6) is 0.575. The monoisotopic (exact) mass is 279 g/mol. The fraction of sp³-hybridized carbons (Fsp3) is 0.647. The van der Waals surface area contributed by atoms with E-state index >= 15 is 0 Å². The van der Waals surface area contributed by atoms with Crippen LogP contribution in [0.5, 0.6) is 0 Å². The van der Waals surface area contributed by atoms with E-state index in [2.05, 4.69) is 24.4 Å². The molecule has 0 heterocycles. The van der Waals surface area contributed by atoms with Crippen molar-refractivity contribution in [2.24, 2.45) is 0 Å². The minimum Gasteiger partial charge on any atom is -0.313 e. The van der Waals surface area contributed by atoms with Crippen LogP contribution in [0.25, 0.3) is 0 Å². The highest BCUT2D eigenvalue weighted by Crippen LogP contribution is 2.29. The highest BCUT2D eigenvalue weighted by molar-refractivity contribution is 6.31. The van der Waals surface area contributed by atoms with Gasteiger partial charge in [0.1, 0.15) is 0 Å². The van der Waals surface area contributed by atoms with Crippen molar-refractivity contribution in [2.45, 2.75) is 63.8 Å². The van der Waals surface area contributed by atoms with Crippen molar-refractivity contribution in [3.05, 3.63) is 34.9 Å². The van der Waals surface area contributed by atoms with Gasteiger partial charge in [0.2, 0.25) is 0 Å². The molecule has 2 heteroatoms. The maximum Gasteiger partial charge on any atom is 0.0441 e. The van der Waals surface area contributed by atoms with E-state index in [0.717, 1.165) is 17.6 Å². The van der Waals surface area contributed by atoms with E-state index in [0.29, 0.717) is 5.92 Å². The van der Waals surface area contributed by atoms with Gasteiger partial charge in [-0.25, -0.2) is 0 Å². The van der Waals surface area contributed by atoms with Gasteiger partial charge in [0, 0.05) is 17.6 Å². The van der Waals surface area contributed by atoms with E-state index in [-0.39, 0.29) is 0 Å². The van der Waals surface area contributed by atoms with Gasteiger partial charge in [0.05, 0.1) is 0 Å². The minimum absolute atomic E-state index is 0.575. The predicted molar refractivity (Wildman–Crippen MR) is 84.0 cm³/mol. The van der Waals surface area contributed by atoms with Crippen molar-refractivity contribution in [3.63, 3.8) is 0 Å². The summed E-state index contributed by atoms with van der Waals surface area (Å²) in [6.07, 6.45) is 9.28. The molecule has 2 rings (SSSR count). The van der Waals surface area contributed by atoms with Gasteiger partial charge in [0.15, 0.2) is 0 Å². The second-order valence-corrected chi connectivity index (χ2v) is 6.16. The summed E-state index contributed by atoms with van der Waals surface area (Å²) in [7, 11) is 0. The summed E-state index contributed by atoms with van der Waals surface area (Å²) in [4.78, 5) is 0. The van der Waals surface area contributed by atoms with Crippen LogP contribution in [0.15, 0.2) is 24.3 Å². The zero-order chi connectivity index (χ0) is 13.5. The third kappa shape index (κ3) is 5.16. The molecule has 1 aliphatic carbocycles. The van der Waals surface area contributed by atoms with Gasteiger partial charge < -0.3 is 5.32 Å². The van der Waals surface area contributed by atoms with Crippen LogP contribution in [-0.4, -0.2) is 12.6 Å². The predicted octanol–water partition coefficient (Wildman–Crippen LogP) is 5.15. The molecule has 1 aromatic carbocycles. The van der Waals surface area contributed by atoms with Gasteiger partial charge in [-0.2, -0.15) is 0 Å². The first-order chi connectivity index (χ1) is 9.31. The molecule has 0 spiro atoms. The van der Waals surface area contributed by atoms with Crippen LogP contribution in [0, 0.1) is 0 Å². The first kappa shape index (κ1) is 14.9. The van der Waals surface area contributed by atoms with Crippen LogP contribution < -0.4 is 5.32 Å². The SMILES string of the molecule is CCCCCCC(CNC1CC1)c1ccccc1Cl. The molecule has 0 aromatic heterocycles. The van der Waals surface area contributed by atoms with Gasteiger partial charge in [-0.3, -0.25) is 0 Å². The number of rotatable bonds is 9. The normalized spacial score (nSPS) is 16.5. The van der Waals surface area contributed by atoms with Crippen molar-refractivity contribution in [3.8, 4) is 0 Å². The fourth-order valence-corrected chi connectivity index (χ4v) is 2.88. The van der Waals surface area contributed by atoms with Gasteiger partial charge in [-0.05, 0) is 36.8 Å². The largest absolute Gasteiger partial charge is 0.313 e. The van der Waals surface area contributed by atoms with E-state index in [1.165, 1.54) is 50.5 Å². The van der Waals surface area contributed by atoms with Crippen molar-refractivity contribution >= 4 is 11.6 Å². The molecule has 19 heavy (non-hydrogen) atoms. The average molecular weight is 280 g/mol. The third-order valence-corrected chi connectivity index (χ3v) is 4.33. The molecule has 1 aromatic rings. The van der Waals surface area contributed by atoms with Crippen molar-refractivity contribution < 1.29 is 0 Å². The number of hydrogen-bond acceptors (Lipinski definition) is 1. The smallest absolute Gasteiger partial charge is 0.0441 e. The van der Waals surface area contributed by atoms with Gasteiger partial charge >= 0.3 is 0 Å². The lowest BCUT2D eigenvalue weighted by Gasteiger charge is -2.19. The van der Waals surface area contributed by atoms with Crippen LogP contribution in [0.1, 0.15) is 63.4 Å². The Morgan fingerprint density at radius 2 is 2.00 bits per heavy atom. The molecule has 1 saturated carbocycles. The Balaban J connectivity index is 1.90. The van der Waals surface area contributed by atoms with E-state index in [9.17, 15) is 0 Å². The molecule has 1 fully saturated rings. The highest BCUT2D eigenvalue weighted by Gasteiger charge is 2.23. The molecule has 1 aliphatic rings. The second kappa shape index (κ2) is 7.91. The topological polar surface area (TPSA) is 12.0 Å². The molecule has 1 nitrogen and oxygen atoms in total. The molecule has 0 radical (unpaired) electrons. The van der Waals surface area contributed by atoms with Crippen molar-refractivity contribution in [2.75, 3.05) is 6.54 Å². The van der Waals surface area contributed by atoms with Gasteiger partial charge in [-0.1, -0.05) is 62.4 Å². The molecule has 1 atom stereocenters. The zero-order valence-electron chi connectivity index (χ0n) is 12.0. The van der Waals surface area contributed by atoms with Crippen molar-refractivity contribution in [1.29, 1.82) is 0 Å². The van der Waals surface area contributed by atoms with Crippen LogP contribution in [0.4, 0.5) is 0 Å². The molecular weight excluding hydrogens is 254 g/mol. The molecule has 0 bridgehead atoms. The summed E-state index contributed by atoms with van der Waals surface area (Å²) in [6.45, 7) is 3.35. The summed E-state index contributed by atoms with van der Waals surface area (Å²) >= 11 is 6.36. The quantitative estimate of drug-likeness (QED) is 0.617.